The molecule has 0 aromatic heterocycles. The number of hydrogen-bond donors (Lipinski definition) is 0. The van der Waals surface area contributed by atoms with E-state index in [0.717, 1.165) is 6.42 Å². The lowest BCUT2D eigenvalue weighted by atomic mass is 10.1. The van der Waals surface area contributed by atoms with Crippen molar-refractivity contribution >= 4 is 17.8 Å². The van der Waals surface area contributed by atoms with Gasteiger partial charge in [-0.2, -0.15) is 0 Å². The van der Waals surface area contributed by atoms with Gasteiger partial charge in [0.05, 0.1) is 17.5 Å². The van der Waals surface area contributed by atoms with Crippen LogP contribution >= 0.6 is 0 Å². The van der Waals surface area contributed by atoms with Crippen LogP contribution in [0.3, 0.4) is 0 Å². The van der Waals surface area contributed by atoms with Gasteiger partial charge in [0.15, 0.2) is 0 Å². The minimum atomic E-state index is -0.584. The summed E-state index contributed by atoms with van der Waals surface area (Å²) in [7, 11) is 0. The number of hydroxylamine groups is 2. The van der Waals surface area contributed by atoms with Crippen molar-refractivity contribution in [2.45, 2.75) is 18.8 Å². The second-order valence-electron chi connectivity index (χ2n) is 6.13. The van der Waals surface area contributed by atoms with E-state index in [4.69, 9.17) is 4.84 Å². The summed E-state index contributed by atoms with van der Waals surface area (Å²) in [5, 5.41) is 0.576. The lowest BCUT2D eigenvalue weighted by Crippen LogP contribution is -2.32. The fourth-order valence-corrected chi connectivity index (χ4v) is 3.18. The van der Waals surface area contributed by atoms with Crippen LogP contribution in [0.2, 0.25) is 0 Å². The molecule has 2 atom stereocenters. The first kappa shape index (κ1) is 14.6. The van der Waals surface area contributed by atoms with Crippen molar-refractivity contribution in [1.29, 1.82) is 0 Å². The van der Waals surface area contributed by atoms with E-state index in [-0.39, 0.29) is 23.5 Å². The zero-order chi connectivity index (χ0) is 16.7. The van der Waals surface area contributed by atoms with E-state index in [1.807, 2.05) is 30.3 Å². The van der Waals surface area contributed by atoms with E-state index in [1.165, 1.54) is 5.56 Å². The molecule has 4 rings (SSSR count). The van der Waals surface area contributed by atoms with Gasteiger partial charge >= 0.3 is 5.97 Å². The molecule has 5 nitrogen and oxygen atoms in total. The van der Waals surface area contributed by atoms with Gasteiger partial charge in [0.1, 0.15) is 0 Å². The van der Waals surface area contributed by atoms with E-state index in [9.17, 15) is 14.4 Å². The topological polar surface area (TPSA) is 63.7 Å². The average Bonchev–Trinajstić information content (AvgIpc) is 3.33. The lowest BCUT2D eigenvalue weighted by Gasteiger charge is -2.12. The van der Waals surface area contributed by atoms with Crippen LogP contribution in [0.25, 0.3) is 0 Å². The molecular weight excluding hydrogens is 306 g/mol. The highest BCUT2D eigenvalue weighted by Crippen LogP contribution is 2.49. The highest BCUT2D eigenvalue weighted by molar-refractivity contribution is 6.20. The molecule has 1 heterocycles. The number of amides is 2. The molecule has 0 bridgehead atoms. The number of carbonyl (C=O) groups excluding carboxylic acids is 3. The summed E-state index contributed by atoms with van der Waals surface area (Å²) in [6.45, 7) is 0. The summed E-state index contributed by atoms with van der Waals surface area (Å²) < 4.78 is 0. The minimum absolute atomic E-state index is 0.201. The molecule has 0 unspecified atom stereocenters. The van der Waals surface area contributed by atoms with Gasteiger partial charge in [-0.15, -0.1) is 0 Å². The maximum absolute atomic E-state index is 12.2. The molecule has 2 aliphatic rings. The van der Waals surface area contributed by atoms with Gasteiger partial charge in [0, 0.05) is 0 Å². The Hall–Kier alpha value is -2.95. The first-order valence-corrected chi connectivity index (χ1v) is 7.88. The third-order valence-electron chi connectivity index (χ3n) is 4.53. The van der Waals surface area contributed by atoms with Crippen LogP contribution in [0.15, 0.2) is 54.6 Å². The Kier molecular flexibility index (Phi) is 3.41. The Morgan fingerprint density at radius 1 is 0.958 bits per heavy atom. The Labute approximate surface area is 138 Å². The minimum Gasteiger partial charge on any atom is -0.330 e. The van der Waals surface area contributed by atoms with E-state index in [1.54, 1.807) is 24.3 Å². The number of fused-ring (bicyclic) bond motifs is 1. The summed E-state index contributed by atoms with van der Waals surface area (Å²) in [6.07, 6.45) is 1.12. The third-order valence-corrected chi connectivity index (χ3v) is 4.53. The van der Waals surface area contributed by atoms with E-state index < -0.39 is 17.8 Å². The highest BCUT2D eigenvalue weighted by Gasteiger charge is 2.42. The Morgan fingerprint density at radius 3 is 2.17 bits per heavy atom. The van der Waals surface area contributed by atoms with Crippen molar-refractivity contribution in [3.8, 4) is 0 Å². The van der Waals surface area contributed by atoms with E-state index in [2.05, 4.69) is 0 Å². The van der Waals surface area contributed by atoms with Crippen molar-refractivity contribution in [2.75, 3.05) is 0 Å². The fourth-order valence-electron chi connectivity index (χ4n) is 3.18. The molecule has 0 radical (unpaired) electrons. The van der Waals surface area contributed by atoms with Crippen molar-refractivity contribution in [3.05, 3.63) is 71.3 Å². The number of nitrogens with zero attached hydrogens (tertiary/aromatic N) is 1. The summed E-state index contributed by atoms with van der Waals surface area (Å²) in [4.78, 5) is 41.5. The average molecular weight is 321 g/mol. The molecule has 1 aliphatic carbocycles. The zero-order valence-electron chi connectivity index (χ0n) is 12.8. The van der Waals surface area contributed by atoms with Gasteiger partial charge in [0.2, 0.25) is 0 Å². The van der Waals surface area contributed by atoms with Crippen LogP contribution in [0.1, 0.15) is 45.0 Å². The third kappa shape index (κ3) is 2.48. The van der Waals surface area contributed by atoms with Crippen molar-refractivity contribution in [3.63, 3.8) is 0 Å². The van der Waals surface area contributed by atoms with Gasteiger partial charge in [-0.1, -0.05) is 47.5 Å². The molecule has 0 saturated heterocycles. The molecule has 2 aromatic rings. The van der Waals surface area contributed by atoms with Gasteiger partial charge in [0.25, 0.3) is 11.8 Å². The van der Waals surface area contributed by atoms with Gasteiger partial charge < -0.3 is 4.84 Å². The molecule has 1 fully saturated rings. The standard InChI is InChI=1S/C19H15NO4/c21-17(11-13-10-16(13)12-6-2-1-3-7-12)24-20-18(22)14-8-4-5-9-15(14)19(20)23/h1-9,13,16H,10-11H2/t13-,16-/m0/s1. The molecule has 120 valence electrons. The predicted molar refractivity (Wildman–Crippen MR) is 84.9 cm³/mol. The number of benzene rings is 2. The summed E-state index contributed by atoms with van der Waals surface area (Å²) in [5.41, 5.74) is 1.74. The van der Waals surface area contributed by atoms with Gasteiger partial charge in [-0.25, -0.2) is 4.79 Å². The molecule has 24 heavy (non-hydrogen) atoms. The Balaban J connectivity index is 1.38. The monoisotopic (exact) mass is 321 g/mol. The zero-order valence-corrected chi connectivity index (χ0v) is 12.8. The van der Waals surface area contributed by atoms with Crippen LogP contribution in [-0.2, 0) is 9.63 Å². The van der Waals surface area contributed by atoms with E-state index >= 15 is 0 Å². The second-order valence-corrected chi connectivity index (χ2v) is 6.13. The Morgan fingerprint density at radius 2 is 1.54 bits per heavy atom. The number of imide groups is 1. The first-order valence-electron chi connectivity index (χ1n) is 7.88. The van der Waals surface area contributed by atoms with Crippen molar-refractivity contribution < 1.29 is 19.2 Å². The largest absolute Gasteiger partial charge is 0.333 e. The SMILES string of the molecule is O=C(C[C@@H]1C[C@H]1c1ccccc1)ON1C(=O)c2ccccc2C1=O. The first-order chi connectivity index (χ1) is 11.6. The summed E-state index contributed by atoms with van der Waals surface area (Å²) in [5.74, 6) is -1.16. The lowest BCUT2D eigenvalue weighted by molar-refractivity contribution is -0.169. The normalized spacial score (nSPS) is 21.6. The molecule has 0 spiro atoms. The van der Waals surface area contributed by atoms with Crippen LogP contribution in [0.4, 0.5) is 0 Å². The fraction of sp³-hybridized carbons (Fsp3) is 0.211. The van der Waals surface area contributed by atoms with E-state index in [0.29, 0.717) is 11.0 Å². The molecule has 2 amide bonds. The maximum Gasteiger partial charge on any atom is 0.333 e. The molecule has 1 aliphatic heterocycles. The Bertz CT molecular complexity index is 795. The molecular formula is C19H15NO4. The number of rotatable bonds is 4. The predicted octanol–water partition coefficient (Wildman–Crippen LogP) is 2.93. The van der Waals surface area contributed by atoms with Crippen molar-refractivity contribution in [1.82, 2.24) is 5.06 Å². The number of carbonyl (C=O) groups is 3. The summed E-state index contributed by atoms with van der Waals surface area (Å²) in [6, 6.07) is 16.4. The van der Waals surface area contributed by atoms with Gasteiger partial charge in [-0.05, 0) is 36.0 Å². The smallest absolute Gasteiger partial charge is 0.330 e. The second kappa shape index (κ2) is 5.60. The molecule has 2 aromatic carbocycles. The van der Waals surface area contributed by atoms with Crippen LogP contribution < -0.4 is 0 Å². The maximum atomic E-state index is 12.2. The van der Waals surface area contributed by atoms with Crippen LogP contribution in [-0.4, -0.2) is 22.8 Å². The van der Waals surface area contributed by atoms with Crippen LogP contribution in [0, 0.1) is 5.92 Å². The van der Waals surface area contributed by atoms with Crippen molar-refractivity contribution in [2.24, 2.45) is 5.92 Å². The summed E-state index contributed by atoms with van der Waals surface area (Å²) >= 11 is 0. The molecule has 5 heteroatoms. The number of hydrogen-bond acceptors (Lipinski definition) is 4. The highest BCUT2D eigenvalue weighted by atomic mass is 16.7. The quantitative estimate of drug-likeness (QED) is 0.812. The van der Waals surface area contributed by atoms with Gasteiger partial charge in [-0.3, -0.25) is 9.59 Å². The van der Waals surface area contributed by atoms with Crippen LogP contribution in [0.5, 0.6) is 0 Å². The molecule has 0 N–H and O–H groups in total. The molecule has 1 saturated carbocycles.